The molecule has 1 rings (SSSR count). The second-order valence-corrected chi connectivity index (χ2v) is 7.44. The third kappa shape index (κ3) is 10.6. The lowest BCUT2D eigenvalue weighted by molar-refractivity contribution is 0.207. The van der Waals surface area contributed by atoms with Gasteiger partial charge in [-0.1, -0.05) is 18.2 Å². The highest BCUT2D eigenvalue weighted by Gasteiger charge is 2.41. The summed E-state index contributed by atoms with van der Waals surface area (Å²) in [5.41, 5.74) is 0. The molecule has 0 amide bonds. The molecule has 1 aromatic carbocycles. The first-order valence-corrected chi connectivity index (χ1v) is 9.35. The summed E-state index contributed by atoms with van der Waals surface area (Å²) in [7, 11) is -16.0. The number of isocyanates is 1. The zero-order valence-electron chi connectivity index (χ0n) is 10.4. The minimum absolute atomic E-state index is 0.162. The van der Waals surface area contributed by atoms with Gasteiger partial charge in [0.2, 0.25) is 6.08 Å². The first-order chi connectivity index (χ1) is 9.91. The summed E-state index contributed by atoms with van der Waals surface area (Å²) in [5.74, 6) is -0.162. The molecule has 0 aliphatic carbocycles. The smallest absolute Gasteiger partial charge is 0.404 e. The lowest BCUT2D eigenvalue weighted by Gasteiger charge is -2.16. The molecule has 0 saturated heterocycles. The molecule has 12 nitrogen and oxygen atoms in total. The van der Waals surface area contributed by atoms with Crippen molar-refractivity contribution in [3.63, 3.8) is 0 Å². The van der Waals surface area contributed by atoms with E-state index in [1.165, 1.54) is 24.3 Å². The molecule has 0 aliphatic heterocycles. The Bertz CT molecular complexity index is 649. The Morgan fingerprint density at radius 2 is 1.36 bits per heavy atom. The summed E-state index contributed by atoms with van der Waals surface area (Å²) in [5, 5.41) is 5.40. The number of hydrogen-bond donors (Lipinski definition) is 5. The molecule has 1 aromatic rings. The van der Waals surface area contributed by atoms with Crippen LogP contribution in [-0.2, 0) is 27.1 Å². The van der Waals surface area contributed by atoms with Crippen molar-refractivity contribution in [2.75, 3.05) is 0 Å². The number of benzene rings is 1. The zero-order chi connectivity index (χ0) is 17.4. The third-order valence-corrected chi connectivity index (χ3v) is 5.15. The van der Waals surface area contributed by atoms with Gasteiger partial charge >= 0.3 is 23.5 Å². The van der Waals surface area contributed by atoms with Crippen molar-refractivity contribution < 1.29 is 51.2 Å². The molecule has 0 aromatic heterocycles. The predicted octanol–water partition coefficient (Wildman–Crippen LogP) is 1.29. The number of para-hydroxylation sites is 1. The van der Waals surface area contributed by atoms with E-state index < -0.39 is 23.5 Å². The predicted molar refractivity (Wildman–Crippen MR) is 69.3 cm³/mol. The van der Waals surface area contributed by atoms with E-state index >= 15 is 0 Å². The summed E-state index contributed by atoms with van der Waals surface area (Å²) >= 11 is 0. The van der Waals surface area contributed by atoms with Crippen molar-refractivity contribution in [1.29, 1.82) is 5.41 Å². The van der Waals surface area contributed by atoms with Crippen molar-refractivity contribution in [1.82, 2.24) is 0 Å². The van der Waals surface area contributed by atoms with Crippen LogP contribution in [0.4, 0.5) is 0 Å². The van der Waals surface area contributed by atoms with Crippen molar-refractivity contribution >= 4 is 29.5 Å². The number of carbonyl (C=O) groups excluding carboxylic acids is 1. The van der Waals surface area contributed by atoms with Gasteiger partial charge in [0.25, 0.3) is 0 Å². The van der Waals surface area contributed by atoms with Crippen LogP contribution in [0, 0.1) is 5.41 Å². The van der Waals surface area contributed by atoms with E-state index in [0.717, 1.165) is 6.08 Å². The van der Waals surface area contributed by atoms with E-state index in [2.05, 4.69) is 13.1 Å². The van der Waals surface area contributed by atoms with E-state index in [4.69, 9.17) is 29.8 Å². The molecule has 0 spiro atoms. The number of rotatable bonds is 6. The van der Waals surface area contributed by atoms with Crippen LogP contribution in [0.15, 0.2) is 30.3 Å². The van der Waals surface area contributed by atoms with Crippen molar-refractivity contribution in [3.8, 4) is 5.75 Å². The Morgan fingerprint density at radius 1 is 0.909 bits per heavy atom. The molecule has 2 atom stereocenters. The molecule has 15 heteroatoms. The molecule has 0 radical (unpaired) electrons. The summed E-state index contributed by atoms with van der Waals surface area (Å²) < 4.78 is 44.1. The summed E-state index contributed by atoms with van der Waals surface area (Å²) in [6.45, 7) is 0. The monoisotopic (exact) mass is 377 g/mol. The van der Waals surface area contributed by atoms with E-state index in [1.807, 2.05) is 0 Å². The van der Waals surface area contributed by atoms with Gasteiger partial charge in [0.05, 0.1) is 0 Å². The van der Waals surface area contributed by atoms with Gasteiger partial charge in [-0.15, -0.1) is 0 Å². The fraction of sp³-hybridized carbons (Fsp3) is 0. The molecule has 0 fully saturated rings. The normalized spacial score (nSPS) is 16.2. The number of nitrogens with one attached hydrogen (secondary N) is 1. The molecular weight excluding hydrogens is 367 g/mol. The zero-order valence-corrected chi connectivity index (χ0v) is 13.1. The molecule has 124 valence electrons. The van der Waals surface area contributed by atoms with Gasteiger partial charge in [0, 0.05) is 0 Å². The average Bonchev–Trinajstić information content (AvgIpc) is 2.24. The maximum absolute atomic E-state index is 11.3. The summed E-state index contributed by atoms with van der Waals surface area (Å²) in [6.07, 6.45) is 0.750. The highest BCUT2D eigenvalue weighted by Crippen LogP contribution is 2.65. The molecular formula is C7H10NO11P3. The summed E-state index contributed by atoms with van der Waals surface area (Å²) in [4.78, 5) is 43.0. The van der Waals surface area contributed by atoms with Crippen LogP contribution in [0.25, 0.3) is 0 Å². The first kappa shape index (κ1) is 20.9. The molecule has 5 N–H and O–H groups in total. The van der Waals surface area contributed by atoms with Crippen molar-refractivity contribution in [2.24, 2.45) is 0 Å². The molecule has 0 heterocycles. The van der Waals surface area contributed by atoms with Crippen LogP contribution in [-0.4, -0.2) is 25.7 Å². The topological polar surface area (TPSA) is 201 Å². The van der Waals surface area contributed by atoms with Gasteiger partial charge in [-0.2, -0.15) is 8.62 Å². The van der Waals surface area contributed by atoms with Crippen molar-refractivity contribution in [2.45, 2.75) is 0 Å². The number of hydrogen-bond acceptors (Lipinski definition) is 8. The second kappa shape index (κ2) is 8.47. The Labute approximate surface area is 123 Å². The lowest BCUT2D eigenvalue weighted by atomic mass is 10.3. The Kier molecular flexibility index (Phi) is 8.03. The second-order valence-electron chi connectivity index (χ2n) is 3.10. The lowest BCUT2D eigenvalue weighted by Crippen LogP contribution is -1.98. The van der Waals surface area contributed by atoms with Gasteiger partial charge in [-0.3, -0.25) is 4.89 Å². The van der Waals surface area contributed by atoms with Crippen molar-refractivity contribution in [3.05, 3.63) is 30.3 Å². The minimum atomic E-state index is -5.47. The Balaban J connectivity index is 0.00000135. The van der Waals surface area contributed by atoms with Crippen LogP contribution in [0.5, 0.6) is 5.75 Å². The van der Waals surface area contributed by atoms with E-state index in [0.29, 0.717) is 0 Å². The first-order valence-electron chi connectivity index (χ1n) is 4.83. The molecule has 0 aliphatic rings. The molecule has 2 unspecified atom stereocenters. The SMILES string of the molecule is N=C=O.O=P(O)(O)OP(=O)(O)OP(=O)(O)Oc1ccccc1. The largest absolute Gasteiger partial charge is 0.536 e. The molecule has 0 bridgehead atoms. The van der Waals surface area contributed by atoms with E-state index in [-0.39, 0.29) is 5.75 Å². The van der Waals surface area contributed by atoms with Crippen LogP contribution >= 0.6 is 23.5 Å². The fourth-order valence-corrected chi connectivity index (χ4v) is 3.94. The van der Waals surface area contributed by atoms with Crippen LogP contribution < -0.4 is 4.52 Å². The highest BCUT2D eigenvalue weighted by atomic mass is 31.3. The fourth-order valence-electron chi connectivity index (χ4n) is 0.911. The number of phosphoric ester groups is 1. The van der Waals surface area contributed by atoms with Gasteiger partial charge in [-0.05, 0) is 12.1 Å². The highest BCUT2D eigenvalue weighted by molar-refractivity contribution is 7.66. The standard InChI is InChI=1S/C6H9O10P3.CHNO/c7-17(8,9)15-19(12,13)16-18(10,11)14-6-4-2-1-3-5-6;2-1-3/h1-5H,(H,10,11)(H,12,13)(H2,7,8,9);2H. The van der Waals surface area contributed by atoms with Gasteiger partial charge < -0.3 is 19.2 Å². The van der Waals surface area contributed by atoms with E-state index in [9.17, 15) is 13.7 Å². The number of phosphoric acid groups is 3. The van der Waals surface area contributed by atoms with Crippen LogP contribution in [0.1, 0.15) is 0 Å². The van der Waals surface area contributed by atoms with Crippen LogP contribution in [0.3, 0.4) is 0 Å². The maximum Gasteiger partial charge on any atom is 0.536 e. The van der Waals surface area contributed by atoms with Gasteiger partial charge in [0.15, 0.2) is 0 Å². The van der Waals surface area contributed by atoms with E-state index in [1.54, 1.807) is 6.07 Å². The quantitative estimate of drug-likeness (QED) is 0.272. The summed E-state index contributed by atoms with van der Waals surface area (Å²) in [6, 6.07) is 6.96. The Hall–Kier alpha value is -1.15. The Morgan fingerprint density at radius 3 is 1.77 bits per heavy atom. The minimum Gasteiger partial charge on any atom is -0.404 e. The molecule has 22 heavy (non-hydrogen) atoms. The third-order valence-electron chi connectivity index (χ3n) is 1.38. The van der Waals surface area contributed by atoms with Crippen LogP contribution in [0.2, 0.25) is 0 Å². The average molecular weight is 377 g/mol. The molecule has 0 saturated carbocycles. The maximum atomic E-state index is 11.3. The van der Waals surface area contributed by atoms with Gasteiger partial charge in [0.1, 0.15) is 5.75 Å². The van der Waals surface area contributed by atoms with Gasteiger partial charge in [-0.25, -0.2) is 23.9 Å².